The van der Waals surface area contributed by atoms with Gasteiger partial charge in [0, 0.05) is 16.8 Å². The molecule has 5 nitrogen and oxygen atoms in total. The van der Waals surface area contributed by atoms with E-state index in [9.17, 15) is 44.3 Å². The second-order valence-electron chi connectivity index (χ2n) is 7.65. The number of nitrogens with one attached hydrogen (secondary N) is 1. The van der Waals surface area contributed by atoms with E-state index in [1.807, 2.05) is 6.07 Å². The summed E-state index contributed by atoms with van der Waals surface area (Å²) in [4.78, 5) is 0. The number of nitrogens with zero attached hydrogens (tertiary/aromatic N) is 1. The molecule has 2 N–H and O–H groups in total. The number of alkyl halides is 6. The molecule has 0 amide bonds. The molecule has 0 aromatic heterocycles. The summed E-state index contributed by atoms with van der Waals surface area (Å²) < 4.78 is 120. The van der Waals surface area contributed by atoms with E-state index in [4.69, 9.17) is 5.26 Å². The molecule has 0 heterocycles. The van der Waals surface area contributed by atoms with Crippen molar-refractivity contribution >= 4 is 15.7 Å². The van der Waals surface area contributed by atoms with Gasteiger partial charge in [-0.25, -0.2) is 12.8 Å². The molecule has 3 rings (SSSR count). The topological polar surface area (TPSA) is 90.2 Å². The third-order valence-corrected chi connectivity index (χ3v) is 6.38. The second-order valence-corrected chi connectivity index (χ2v) is 9.37. The number of rotatable bonds is 6. The van der Waals surface area contributed by atoms with Crippen molar-refractivity contribution < 1.29 is 44.3 Å². The highest BCUT2D eigenvalue weighted by Gasteiger charge is 2.71. The van der Waals surface area contributed by atoms with Crippen molar-refractivity contribution in [2.45, 2.75) is 23.7 Å². The molecule has 3 aromatic rings. The van der Waals surface area contributed by atoms with Gasteiger partial charge in [-0.05, 0) is 41.5 Å². The van der Waals surface area contributed by atoms with Crippen LogP contribution in [0.2, 0.25) is 0 Å². The van der Waals surface area contributed by atoms with E-state index in [0.29, 0.717) is 23.3 Å². The number of benzene rings is 3. The maximum atomic E-state index is 14.5. The Morgan fingerprint density at radius 1 is 0.861 bits per heavy atom. The van der Waals surface area contributed by atoms with Crippen molar-refractivity contribution in [1.29, 1.82) is 5.26 Å². The molecule has 13 heteroatoms. The van der Waals surface area contributed by atoms with E-state index >= 15 is 0 Å². The van der Waals surface area contributed by atoms with Crippen molar-refractivity contribution in [3.8, 4) is 17.2 Å². The van der Waals surface area contributed by atoms with Gasteiger partial charge >= 0.3 is 12.4 Å². The molecular formula is C23H15F7N2O3S. The van der Waals surface area contributed by atoms with Crippen LogP contribution in [0.3, 0.4) is 0 Å². The monoisotopic (exact) mass is 532 g/mol. The number of sulfonamides is 1. The van der Waals surface area contributed by atoms with E-state index in [1.54, 1.807) is 0 Å². The molecule has 0 radical (unpaired) electrons. The van der Waals surface area contributed by atoms with Crippen LogP contribution in [0, 0.1) is 17.1 Å². The summed E-state index contributed by atoms with van der Waals surface area (Å²) in [6.07, 6.45) is -12.3. The molecule has 0 bridgehead atoms. The Morgan fingerprint density at radius 2 is 1.42 bits per heavy atom. The molecule has 0 aliphatic rings. The lowest BCUT2D eigenvalue weighted by Crippen LogP contribution is -2.53. The maximum Gasteiger partial charge on any atom is 0.430 e. The predicted molar refractivity (Wildman–Crippen MR) is 115 cm³/mol. The predicted octanol–water partition coefficient (Wildman–Crippen LogP) is 5.62. The fraction of sp³-hybridized carbons (Fsp3) is 0.174. The summed E-state index contributed by atoms with van der Waals surface area (Å²) in [5.74, 6) is -1.88. The molecule has 0 aliphatic heterocycles. The zero-order valence-electron chi connectivity index (χ0n) is 17.8. The van der Waals surface area contributed by atoms with Crippen LogP contribution in [0.25, 0.3) is 11.1 Å². The fourth-order valence-electron chi connectivity index (χ4n) is 3.29. The van der Waals surface area contributed by atoms with Crippen LogP contribution in [0.1, 0.15) is 16.7 Å². The summed E-state index contributed by atoms with van der Waals surface area (Å²) in [5, 5.41) is 18.2. The molecule has 0 aliphatic carbocycles. The molecule has 3 aromatic carbocycles. The number of hydrogen-bond donors (Lipinski definition) is 2. The summed E-state index contributed by atoms with van der Waals surface area (Å²) in [7, 11) is -3.89. The minimum atomic E-state index is -6.16. The number of anilines is 1. The Hall–Kier alpha value is -3.63. The summed E-state index contributed by atoms with van der Waals surface area (Å²) >= 11 is 0. The van der Waals surface area contributed by atoms with Crippen LogP contribution in [0.5, 0.6) is 0 Å². The van der Waals surface area contributed by atoms with Crippen LogP contribution in [0.15, 0.2) is 66.7 Å². The van der Waals surface area contributed by atoms with E-state index in [-0.39, 0.29) is 22.9 Å². The van der Waals surface area contributed by atoms with Crippen molar-refractivity contribution in [2.24, 2.45) is 0 Å². The second kappa shape index (κ2) is 9.44. The van der Waals surface area contributed by atoms with Gasteiger partial charge in [0.05, 0.1) is 17.4 Å². The molecule has 36 heavy (non-hydrogen) atoms. The summed E-state index contributed by atoms with van der Waals surface area (Å²) in [5.41, 5.74) is -6.55. The molecule has 0 spiro atoms. The zero-order valence-corrected chi connectivity index (χ0v) is 18.6. The van der Waals surface area contributed by atoms with Crippen LogP contribution < -0.4 is 4.72 Å². The quantitative estimate of drug-likeness (QED) is 0.404. The maximum absolute atomic E-state index is 14.5. The van der Waals surface area contributed by atoms with E-state index in [0.717, 1.165) is 0 Å². The molecule has 190 valence electrons. The van der Waals surface area contributed by atoms with Gasteiger partial charge < -0.3 is 5.11 Å². The SMILES string of the molecule is N#Cc1ccc(CS(=O)(=O)Nc2ccc(-c3ccc(C(O)(C(F)(F)F)C(F)(F)F)cc3F)cc2)cc1. The van der Waals surface area contributed by atoms with E-state index < -0.39 is 45.1 Å². The Balaban J connectivity index is 1.82. The van der Waals surface area contributed by atoms with Crippen LogP contribution in [-0.4, -0.2) is 25.9 Å². The van der Waals surface area contributed by atoms with Gasteiger partial charge in [-0.1, -0.05) is 36.4 Å². The third kappa shape index (κ3) is 5.44. The van der Waals surface area contributed by atoms with Crippen LogP contribution in [-0.2, 0) is 21.4 Å². The zero-order chi connectivity index (χ0) is 26.9. The van der Waals surface area contributed by atoms with Crippen LogP contribution >= 0.6 is 0 Å². The highest BCUT2D eigenvalue weighted by atomic mass is 32.2. The lowest BCUT2D eigenvalue weighted by molar-refractivity contribution is -0.376. The molecule has 0 saturated heterocycles. The first kappa shape index (κ1) is 27.0. The lowest BCUT2D eigenvalue weighted by atomic mass is 9.90. The highest BCUT2D eigenvalue weighted by molar-refractivity contribution is 7.91. The highest BCUT2D eigenvalue weighted by Crippen LogP contribution is 2.50. The van der Waals surface area contributed by atoms with Gasteiger partial charge in [0.25, 0.3) is 5.60 Å². The van der Waals surface area contributed by atoms with Gasteiger partial charge in [-0.3, -0.25) is 4.72 Å². The van der Waals surface area contributed by atoms with Crippen molar-refractivity contribution in [2.75, 3.05) is 4.72 Å². The largest absolute Gasteiger partial charge is 0.430 e. The molecule has 0 saturated carbocycles. The number of halogens is 7. The molecular weight excluding hydrogens is 517 g/mol. The van der Waals surface area contributed by atoms with Gasteiger partial charge in [0.2, 0.25) is 10.0 Å². The first-order valence-corrected chi connectivity index (χ1v) is 11.5. The minimum absolute atomic E-state index is 0.0247. The molecule has 0 atom stereocenters. The minimum Gasteiger partial charge on any atom is -0.369 e. The summed E-state index contributed by atoms with van der Waals surface area (Å²) in [6.45, 7) is 0. The van der Waals surface area contributed by atoms with Crippen molar-refractivity contribution in [3.63, 3.8) is 0 Å². The Labute approximate surface area is 200 Å². The average molecular weight is 532 g/mol. The normalized spacial score (nSPS) is 12.8. The number of aliphatic hydroxyl groups is 1. The third-order valence-electron chi connectivity index (χ3n) is 5.12. The Kier molecular flexibility index (Phi) is 7.07. The van der Waals surface area contributed by atoms with E-state index in [2.05, 4.69) is 4.72 Å². The standard InChI is InChI=1S/C23H15F7N2O3S/c24-20-11-17(21(33,22(25,26)27)23(28,29)30)7-10-19(20)16-5-8-18(9-6-16)32-36(34,35)13-15-3-1-14(12-31)2-4-15/h1-11,32-33H,13H2. The van der Waals surface area contributed by atoms with Crippen molar-refractivity contribution in [1.82, 2.24) is 0 Å². The number of nitriles is 1. The van der Waals surface area contributed by atoms with Gasteiger partial charge in [0.1, 0.15) is 5.82 Å². The molecule has 0 unspecified atom stereocenters. The first-order chi connectivity index (χ1) is 16.6. The summed E-state index contributed by atoms with van der Waals surface area (Å²) in [6, 6.07) is 13.5. The fourth-order valence-corrected chi connectivity index (χ4v) is 4.49. The molecule has 0 fully saturated rings. The Bertz CT molecular complexity index is 1380. The van der Waals surface area contributed by atoms with Crippen LogP contribution in [0.4, 0.5) is 36.4 Å². The smallest absolute Gasteiger partial charge is 0.369 e. The van der Waals surface area contributed by atoms with Crippen molar-refractivity contribution in [3.05, 3.63) is 89.2 Å². The van der Waals surface area contributed by atoms with Gasteiger partial charge in [0.15, 0.2) is 0 Å². The van der Waals surface area contributed by atoms with Gasteiger partial charge in [-0.2, -0.15) is 31.6 Å². The first-order valence-electron chi connectivity index (χ1n) is 9.83. The van der Waals surface area contributed by atoms with E-state index in [1.165, 1.54) is 48.5 Å². The van der Waals surface area contributed by atoms with Gasteiger partial charge in [-0.15, -0.1) is 0 Å². The Morgan fingerprint density at radius 3 is 1.89 bits per heavy atom. The average Bonchev–Trinajstić information content (AvgIpc) is 2.77. The number of hydrogen-bond acceptors (Lipinski definition) is 4. The lowest BCUT2D eigenvalue weighted by Gasteiger charge is -2.32.